The largest absolute Gasteiger partial charge is 0.296 e. The van der Waals surface area contributed by atoms with Crippen molar-refractivity contribution in [2.24, 2.45) is 0 Å². The van der Waals surface area contributed by atoms with Crippen LogP contribution in [0.1, 0.15) is 20.8 Å². The molecule has 1 amide bonds. The van der Waals surface area contributed by atoms with E-state index in [1.54, 1.807) is 39.9 Å². The maximum atomic E-state index is 12.5. The zero-order valence-corrected chi connectivity index (χ0v) is 16.5. The lowest BCUT2D eigenvalue weighted by molar-refractivity contribution is 0.102. The maximum absolute atomic E-state index is 12.5. The monoisotopic (exact) mass is 415 g/mol. The molecule has 0 aliphatic heterocycles. The number of thiophene rings is 1. The molecule has 4 aromatic rings. The molecule has 136 valence electrons. The van der Waals surface area contributed by atoms with Gasteiger partial charge in [-0.2, -0.15) is 0 Å². The third-order valence-corrected chi connectivity index (χ3v) is 6.68. The molecule has 0 radical (unpaired) electrons. The van der Waals surface area contributed by atoms with Gasteiger partial charge < -0.3 is 0 Å². The van der Waals surface area contributed by atoms with Crippen molar-refractivity contribution in [1.29, 1.82) is 0 Å². The predicted molar refractivity (Wildman–Crippen MR) is 106 cm³/mol. The molecule has 4 rings (SSSR count). The summed E-state index contributed by atoms with van der Waals surface area (Å²) >= 11 is 4.68. The van der Waals surface area contributed by atoms with E-state index in [2.05, 4.69) is 37.1 Å². The van der Waals surface area contributed by atoms with E-state index < -0.39 is 0 Å². The highest BCUT2D eigenvalue weighted by atomic mass is 32.2. The fourth-order valence-electron chi connectivity index (χ4n) is 2.34. The summed E-state index contributed by atoms with van der Waals surface area (Å²) in [5.41, 5.74) is 2.24. The fourth-order valence-corrected chi connectivity index (χ4v) is 4.86. The molecule has 8 nitrogen and oxygen atoms in total. The van der Waals surface area contributed by atoms with Crippen molar-refractivity contribution < 1.29 is 4.79 Å². The SMILES string of the molecule is Cc1cc(C(=O)Nc2nnc(SCc3cccs3)s2)ccc1-n1cnnn1. The highest BCUT2D eigenvalue weighted by molar-refractivity contribution is 8.00. The average molecular weight is 416 g/mol. The number of amides is 1. The molecule has 0 unspecified atom stereocenters. The topological polar surface area (TPSA) is 98.5 Å². The number of carbonyl (C=O) groups is 1. The van der Waals surface area contributed by atoms with Crippen LogP contribution in [0.3, 0.4) is 0 Å². The van der Waals surface area contributed by atoms with Gasteiger partial charge >= 0.3 is 0 Å². The second-order valence-corrected chi connectivity index (χ2v) is 8.68. The molecule has 0 aliphatic rings. The summed E-state index contributed by atoms with van der Waals surface area (Å²) in [7, 11) is 0. The summed E-state index contributed by atoms with van der Waals surface area (Å²) in [5, 5.41) is 24.6. The summed E-state index contributed by atoms with van der Waals surface area (Å²) < 4.78 is 2.38. The molecule has 0 atom stereocenters. The lowest BCUT2D eigenvalue weighted by Crippen LogP contribution is -2.12. The highest BCUT2D eigenvalue weighted by Gasteiger charge is 2.13. The first-order chi connectivity index (χ1) is 13.2. The summed E-state index contributed by atoms with van der Waals surface area (Å²) in [6.45, 7) is 1.90. The number of hydrogen-bond donors (Lipinski definition) is 1. The van der Waals surface area contributed by atoms with Gasteiger partial charge in [-0.1, -0.05) is 29.2 Å². The first-order valence-electron chi connectivity index (χ1n) is 7.83. The molecule has 3 aromatic heterocycles. The molecule has 1 aromatic carbocycles. The van der Waals surface area contributed by atoms with Crippen molar-refractivity contribution in [2.45, 2.75) is 17.0 Å². The summed E-state index contributed by atoms with van der Waals surface area (Å²) in [5.74, 6) is 0.616. The van der Waals surface area contributed by atoms with Crippen LogP contribution < -0.4 is 5.32 Å². The van der Waals surface area contributed by atoms with Gasteiger partial charge in [0.2, 0.25) is 5.13 Å². The quantitative estimate of drug-likeness (QED) is 0.380. The van der Waals surface area contributed by atoms with Crippen LogP contribution in [0, 0.1) is 6.92 Å². The summed E-state index contributed by atoms with van der Waals surface area (Å²) in [6.07, 6.45) is 1.51. The Bertz CT molecular complexity index is 1040. The van der Waals surface area contributed by atoms with Crippen molar-refractivity contribution in [2.75, 3.05) is 5.32 Å². The molecule has 27 heavy (non-hydrogen) atoms. The molecular formula is C16H13N7OS3. The van der Waals surface area contributed by atoms with E-state index in [0.29, 0.717) is 10.7 Å². The minimum Gasteiger partial charge on any atom is -0.296 e. The van der Waals surface area contributed by atoms with Gasteiger partial charge in [-0.15, -0.1) is 26.6 Å². The van der Waals surface area contributed by atoms with Crippen LogP contribution >= 0.6 is 34.4 Å². The predicted octanol–water partition coefficient (Wildman–Crippen LogP) is 3.43. The third kappa shape index (κ3) is 4.21. The van der Waals surface area contributed by atoms with Crippen molar-refractivity contribution in [1.82, 2.24) is 30.4 Å². The molecular weight excluding hydrogens is 402 g/mol. The van der Waals surface area contributed by atoms with Gasteiger partial charge in [0.25, 0.3) is 5.91 Å². The standard InChI is InChI=1S/C16H13N7OS3/c1-10-7-11(4-5-13(10)23-9-17-21-22-23)14(24)18-15-19-20-16(27-15)26-8-12-3-2-6-25-12/h2-7,9H,8H2,1H3,(H,18,19,24). The van der Waals surface area contributed by atoms with Crippen LogP contribution in [0.2, 0.25) is 0 Å². The highest BCUT2D eigenvalue weighted by Crippen LogP contribution is 2.29. The Morgan fingerprint density at radius 2 is 2.22 bits per heavy atom. The fraction of sp³-hybridized carbons (Fsp3) is 0.125. The van der Waals surface area contributed by atoms with Crippen LogP contribution in [-0.4, -0.2) is 36.3 Å². The smallest absolute Gasteiger partial charge is 0.257 e. The molecule has 0 spiro atoms. The number of anilines is 1. The van der Waals surface area contributed by atoms with Gasteiger partial charge in [-0.05, 0) is 52.6 Å². The van der Waals surface area contributed by atoms with E-state index in [9.17, 15) is 4.79 Å². The second kappa shape index (κ2) is 7.94. The van der Waals surface area contributed by atoms with Crippen molar-refractivity contribution >= 4 is 45.5 Å². The molecule has 0 fully saturated rings. The van der Waals surface area contributed by atoms with Gasteiger partial charge in [-0.3, -0.25) is 10.1 Å². The van der Waals surface area contributed by atoms with Crippen LogP contribution in [0.15, 0.2) is 46.4 Å². The Hall–Kier alpha value is -2.63. The maximum Gasteiger partial charge on any atom is 0.257 e. The number of nitrogens with zero attached hydrogens (tertiary/aromatic N) is 6. The average Bonchev–Trinajstić information content (AvgIpc) is 3.42. The van der Waals surface area contributed by atoms with E-state index in [1.807, 2.05) is 24.4 Å². The van der Waals surface area contributed by atoms with E-state index in [1.165, 1.54) is 22.5 Å². The van der Waals surface area contributed by atoms with Gasteiger partial charge in [0.1, 0.15) is 6.33 Å². The van der Waals surface area contributed by atoms with Crippen molar-refractivity contribution in [3.8, 4) is 5.69 Å². The number of tetrazole rings is 1. The van der Waals surface area contributed by atoms with Crippen molar-refractivity contribution in [3.63, 3.8) is 0 Å². The van der Waals surface area contributed by atoms with Crippen LogP contribution in [0.25, 0.3) is 5.69 Å². The second-order valence-electron chi connectivity index (χ2n) is 5.45. The number of aromatic nitrogens is 6. The third-order valence-electron chi connectivity index (χ3n) is 3.60. The normalized spacial score (nSPS) is 10.9. The first kappa shape index (κ1) is 17.8. The molecule has 0 saturated carbocycles. The molecule has 11 heteroatoms. The Morgan fingerprint density at radius 3 is 2.96 bits per heavy atom. The van der Waals surface area contributed by atoms with Gasteiger partial charge in [-0.25, -0.2) is 4.68 Å². The number of thioether (sulfide) groups is 1. The molecule has 0 aliphatic carbocycles. The van der Waals surface area contributed by atoms with Crippen LogP contribution in [0.5, 0.6) is 0 Å². The van der Waals surface area contributed by atoms with Gasteiger partial charge in [0, 0.05) is 16.2 Å². The number of benzene rings is 1. The van der Waals surface area contributed by atoms with E-state index in [4.69, 9.17) is 0 Å². The van der Waals surface area contributed by atoms with E-state index >= 15 is 0 Å². The molecule has 1 N–H and O–H groups in total. The minimum atomic E-state index is -0.229. The zero-order chi connectivity index (χ0) is 18.6. The minimum absolute atomic E-state index is 0.229. The number of rotatable bonds is 6. The van der Waals surface area contributed by atoms with Gasteiger partial charge in [0.05, 0.1) is 5.69 Å². The van der Waals surface area contributed by atoms with Gasteiger partial charge in [0.15, 0.2) is 4.34 Å². The Balaban J connectivity index is 1.41. The first-order valence-corrected chi connectivity index (χ1v) is 10.5. The number of nitrogens with one attached hydrogen (secondary N) is 1. The molecule has 0 saturated heterocycles. The number of aryl methyl sites for hydroxylation is 1. The zero-order valence-electron chi connectivity index (χ0n) is 14.1. The Labute approximate surface area is 166 Å². The van der Waals surface area contributed by atoms with Crippen LogP contribution in [-0.2, 0) is 5.75 Å². The Kier molecular flexibility index (Phi) is 5.23. The molecule has 3 heterocycles. The number of hydrogen-bond acceptors (Lipinski definition) is 9. The lowest BCUT2D eigenvalue weighted by atomic mass is 10.1. The van der Waals surface area contributed by atoms with Crippen LogP contribution in [0.4, 0.5) is 5.13 Å². The van der Waals surface area contributed by atoms with E-state index in [-0.39, 0.29) is 5.91 Å². The summed E-state index contributed by atoms with van der Waals surface area (Å²) in [6, 6.07) is 9.44. The summed E-state index contributed by atoms with van der Waals surface area (Å²) in [4.78, 5) is 13.8. The Morgan fingerprint density at radius 1 is 1.30 bits per heavy atom. The van der Waals surface area contributed by atoms with E-state index in [0.717, 1.165) is 21.3 Å². The lowest BCUT2D eigenvalue weighted by Gasteiger charge is -2.07. The number of carbonyl (C=O) groups excluding carboxylic acids is 1. The molecule has 0 bridgehead atoms. The van der Waals surface area contributed by atoms with Crippen molar-refractivity contribution in [3.05, 3.63) is 58.0 Å².